The van der Waals surface area contributed by atoms with Crippen molar-refractivity contribution in [3.05, 3.63) is 40.5 Å². The molecule has 4 heteroatoms. The molecule has 0 radical (unpaired) electrons. The van der Waals surface area contributed by atoms with E-state index in [9.17, 15) is 4.79 Å². The molecule has 1 aromatic heterocycles. The number of nitrogens with one attached hydrogen (secondary N) is 1. The lowest BCUT2D eigenvalue weighted by molar-refractivity contribution is 0.159. The number of hydrogen-bond acceptors (Lipinski definition) is 3. The highest BCUT2D eigenvalue weighted by molar-refractivity contribution is 5.83. The molecule has 2 heterocycles. The van der Waals surface area contributed by atoms with E-state index in [1.54, 1.807) is 0 Å². The van der Waals surface area contributed by atoms with Crippen LogP contribution in [0, 0.1) is 0 Å². The molecule has 4 nitrogen and oxygen atoms in total. The maximum absolute atomic E-state index is 11.6. The average molecular weight is 228 g/mol. The lowest BCUT2D eigenvalue weighted by Gasteiger charge is -2.27. The summed E-state index contributed by atoms with van der Waals surface area (Å²) >= 11 is 0. The zero-order chi connectivity index (χ0) is 12.0. The Morgan fingerprint density at radius 1 is 1.35 bits per heavy atom. The van der Waals surface area contributed by atoms with Crippen LogP contribution >= 0.6 is 0 Å². The third-order valence-electron chi connectivity index (χ3n) is 2.81. The van der Waals surface area contributed by atoms with Gasteiger partial charge in [0.2, 0.25) is 0 Å². The number of aromatic amines is 1. The van der Waals surface area contributed by atoms with Crippen LogP contribution in [0.25, 0.3) is 17.0 Å². The van der Waals surface area contributed by atoms with Crippen molar-refractivity contribution in [1.82, 2.24) is 9.97 Å². The number of aromatic nitrogens is 2. The first-order chi connectivity index (χ1) is 8.05. The molecule has 2 aromatic rings. The summed E-state index contributed by atoms with van der Waals surface area (Å²) in [5.74, 6) is 0.767. The highest BCUT2D eigenvalue weighted by Gasteiger charge is 2.22. The van der Waals surface area contributed by atoms with Crippen molar-refractivity contribution in [3.63, 3.8) is 0 Å². The quantitative estimate of drug-likeness (QED) is 0.751. The van der Waals surface area contributed by atoms with Crippen LogP contribution in [0.5, 0.6) is 5.75 Å². The fraction of sp³-hybridized carbons (Fsp3) is 0.231. The molecular weight excluding hydrogens is 216 g/mol. The SMILES string of the molecule is CC1(C)C=Cc2cc3c(=O)[nH]cnc3cc2O1. The summed E-state index contributed by atoms with van der Waals surface area (Å²) in [5.41, 5.74) is 1.12. The summed E-state index contributed by atoms with van der Waals surface area (Å²) in [6, 6.07) is 3.62. The van der Waals surface area contributed by atoms with Gasteiger partial charge in [-0.25, -0.2) is 4.98 Å². The molecule has 0 bridgehead atoms. The van der Waals surface area contributed by atoms with Gasteiger partial charge in [-0.3, -0.25) is 4.79 Å². The number of ether oxygens (including phenoxy) is 1. The fourth-order valence-electron chi connectivity index (χ4n) is 1.94. The molecule has 1 aliphatic rings. The van der Waals surface area contributed by atoms with Gasteiger partial charge in [0.1, 0.15) is 11.4 Å². The molecule has 0 spiro atoms. The number of hydrogen-bond donors (Lipinski definition) is 1. The van der Waals surface area contributed by atoms with Gasteiger partial charge in [0.15, 0.2) is 0 Å². The maximum atomic E-state index is 11.6. The van der Waals surface area contributed by atoms with Crippen LogP contribution in [-0.2, 0) is 0 Å². The van der Waals surface area contributed by atoms with E-state index in [1.165, 1.54) is 6.33 Å². The Morgan fingerprint density at radius 3 is 3.00 bits per heavy atom. The highest BCUT2D eigenvalue weighted by atomic mass is 16.5. The lowest BCUT2D eigenvalue weighted by atomic mass is 10.0. The van der Waals surface area contributed by atoms with Crippen LogP contribution in [-0.4, -0.2) is 15.6 Å². The Hall–Kier alpha value is -2.10. The van der Waals surface area contributed by atoms with Crippen LogP contribution < -0.4 is 10.3 Å². The van der Waals surface area contributed by atoms with Crippen molar-refractivity contribution >= 4 is 17.0 Å². The molecule has 1 aliphatic heterocycles. The zero-order valence-electron chi connectivity index (χ0n) is 9.65. The smallest absolute Gasteiger partial charge is 0.258 e. The Labute approximate surface area is 98.0 Å². The monoisotopic (exact) mass is 228 g/mol. The molecule has 1 N–H and O–H groups in total. The third-order valence-corrected chi connectivity index (χ3v) is 2.81. The summed E-state index contributed by atoms with van der Waals surface area (Å²) in [5, 5.41) is 0.583. The van der Waals surface area contributed by atoms with Crippen molar-refractivity contribution in [2.45, 2.75) is 19.4 Å². The number of nitrogens with zero attached hydrogens (tertiary/aromatic N) is 1. The third kappa shape index (κ3) is 1.62. The van der Waals surface area contributed by atoms with Crippen molar-refractivity contribution in [2.75, 3.05) is 0 Å². The summed E-state index contributed by atoms with van der Waals surface area (Å²) in [6.45, 7) is 3.98. The van der Waals surface area contributed by atoms with E-state index in [4.69, 9.17) is 4.74 Å². The van der Waals surface area contributed by atoms with Crippen molar-refractivity contribution in [2.24, 2.45) is 0 Å². The van der Waals surface area contributed by atoms with E-state index >= 15 is 0 Å². The predicted molar refractivity (Wildman–Crippen MR) is 66.1 cm³/mol. The van der Waals surface area contributed by atoms with Gasteiger partial charge < -0.3 is 9.72 Å². The Bertz CT molecular complexity index is 683. The second kappa shape index (κ2) is 3.20. The molecule has 17 heavy (non-hydrogen) atoms. The topological polar surface area (TPSA) is 55.0 Å². The maximum Gasteiger partial charge on any atom is 0.258 e. The minimum Gasteiger partial charge on any atom is -0.483 e. The van der Waals surface area contributed by atoms with Crippen LogP contribution in [0.1, 0.15) is 19.4 Å². The van der Waals surface area contributed by atoms with Gasteiger partial charge in [-0.1, -0.05) is 6.08 Å². The molecule has 0 fully saturated rings. The first-order valence-electron chi connectivity index (χ1n) is 5.45. The average Bonchev–Trinajstić information content (AvgIpc) is 2.26. The van der Waals surface area contributed by atoms with Crippen molar-refractivity contribution < 1.29 is 4.74 Å². The number of rotatable bonds is 0. The van der Waals surface area contributed by atoms with E-state index < -0.39 is 0 Å². The zero-order valence-corrected chi connectivity index (χ0v) is 9.65. The number of benzene rings is 1. The lowest BCUT2D eigenvalue weighted by Crippen LogP contribution is -2.27. The van der Waals surface area contributed by atoms with Gasteiger partial charge in [0.05, 0.1) is 17.2 Å². The van der Waals surface area contributed by atoms with Crippen molar-refractivity contribution in [1.29, 1.82) is 0 Å². The van der Waals surface area contributed by atoms with E-state index in [1.807, 2.05) is 38.1 Å². The standard InChI is InChI=1S/C13H12N2O2/c1-13(2)4-3-8-5-9-10(6-11(8)17-13)14-7-15-12(9)16/h3-7H,1-2H3,(H,14,15,16). The molecule has 0 saturated carbocycles. The molecule has 0 saturated heterocycles. The Kier molecular flexibility index (Phi) is 1.90. The molecule has 0 amide bonds. The minimum absolute atomic E-state index is 0.129. The molecule has 0 atom stereocenters. The van der Waals surface area contributed by atoms with Crippen LogP contribution in [0.15, 0.2) is 29.3 Å². The van der Waals surface area contributed by atoms with Crippen LogP contribution in [0.3, 0.4) is 0 Å². The van der Waals surface area contributed by atoms with Crippen LogP contribution in [0.2, 0.25) is 0 Å². The van der Waals surface area contributed by atoms with Gasteiger partial charge in [-0.15, -0.1) is 0 Å². The number of H-pyrrole nitrogens is 1. The van der Waals surface area contributed by atoms with E-state index in [0.29, 0.717) is 10.9 Å². The first-order valence-corrected chi connectivity index (χ1v) is 5.45. The molecule has 0 aliphatic carbocycles. The van der Waals surface area contributed by atoms with Crippen LogP contribution in [0.4, 0.5) is 0 Å². The van der Waals surface area contributed by atoms with Gasteiger partial charge in [-0.05, 0) is 26.0 Å². The number of fused-ring (bicyclic) bond motifs is 2. The van der Waals surface area contributed by atoms with Gasteiger partial charge in [0, 0.05) is 11.6 Å². The molecular formula is C13H12N2O2. The molecule has 3 rings (SSSR count). The van der Waals surface area contributed by atoms with E-state index in [-0.39, 0.29) is 11.2 Å². The summed E-state index contributed by atoms with van der Waals surface area (Å²) in [6.07, 6.45) is 5.36. The second-order valence-corrected chi connectivity index (χ2v) is 4.68. The fourth-order valence-corrected chi connectivity index (χ4v) is 1.94. The minimum atomic E-state index is -0.318. The van der Waals surface area contributed by atoms with E-state index in [0.717, 1.165) is 11.3 Å². The normalized spacial score (nSPS) is 16.6. The van der Waals surface area contributed by atoms with Gasteiger partial charge in [-0.2, -0.15) is 0 Å². The highest BCUT2D eigenvalue weighted by Crippen LogP contribution is 2.32. The predicted octanol–water partition coefficient (Wildman–Crippen LogP) is 2.11. The first kappa shape index (κ1) is 10.1. The second-order valence-electron chi connectivity index (χ2n) is 4.68. The Morgan fingerprint density at radius 2 is 2.18 bits per heavy atom. The molecule has 86 valence electrons. The van der Waals surface area contributed by atoms with E-state index in [2.05, 4.69) is 9.97 Å². The summed E-state index contributed by atoms with van der Waals surface area (Å²) in [7, 11) is 0. The summed E-state index contributed by atoms with van der Waals surface area (Å²) in [4.78, 5) is 18.3. The largest absolute Gasteiger partial charge is 0.483 e. The molecule has 1 aromatic carbocycles. The van der Waals surface area contributed by atoms with Gasteiger partial charge >= 0.3 is 0 Å². The van der Waals surface area contributed by atoms with Gasteiger partial charge in [0.25, 0.3) is 5.56 Å². The van der Waals surface area contributed by atoms with Crippen molar-refractivity contribution in [3.8, 4) is 5.75 Å². The summed E-state index contributed by atoms with van der Waals surface area (Å²) < 4.78 is 5.83. The Balaban J connectivity index is 2.30. The molecule has 0 unspecified atom stereocenters.